The summed E-state index contributed by atoms with van der Waals surface area (Å²) in [5.74, 6) is 0.504. The van der Waals surface area contributed by atoms with Crippen LogP contribution >= 0.6 is 11.8 Å². The molecular formula is C11H8F3N3S. The summed E-state index contributed by atoms with van der Waals surface area (Å²) < 4.78 is 37.3. The Morgan fingerprint density at radius 1 is 1.06 bits per heavy atom. The van der Waals surface area contributed by atoms with Crippen molar-refractivity contribution in [3.05, 3.63) is 48.0 Å². The Kier molecular flexibility index (Phi) is 3.81. The predicted octanol–water partition coefficient (Wildman–Crippen LogP) is 3.18. The third-order valence-corrected chi connectivity index (χ3v) is 2.97. The van der Waals surface area contributed by atoms with Gasteiger partial charge in [-0.1, -0.05) is 11.8 Å². The van der Waals surface area contributed by atoms with Crippen molar-refractivity contribution < 1.29 is 13.2 Å². The molecule has 2 heterocycles. The number of hydrogen-bond donors (Lipinski definition) is 0. The Bertz CT molecular complexity index is 516. The average molecular weight is 271 g/mol. The molecule has 0 fully saturated rings. The largest absolute Gasteiger partial charge is 0.433 e. The molecule has 0 aliphatic rings. The Balaban J connectivity index is 2.06. The number of hydrogen-bond acceptors (Lipinski definition) is 4. The number of nitrogens with zero attached hydrogens (tertiary/aromatic N) is 3. The van der Waals surface area contributed by atoms with Crippen molar-refractivity contribution in [3.63, 3.8) is 0 Å². The molecule has 2 aromatic heterocycles. The molecule has 0 bridgehead atoms. The van der Waals surface area contributed by atoms with Gasteiger partial charge in [-0.15, -0.1) is 0 Å². The third kappa shape index (κ3) is 3.43. The SMILES string of the molecule is FC(F)(F)c1ccnc(SCc2ccncc2)n1. The van der Waals surface area contributed by atoms with Crippen LogP contribution in [0.4, 0.5) is 13.2 Å². The van der Waals surface area contributed by atoms with Gasteiger partial charge in [0.25, 0.3) is 0 Å². The highest BCUT2D eigenvalue weighted by atomic mass is 32.2. The molecule has 18 heavy (non-hydrogen) atoms. The van der Waals surface area contributed by atoms with Crippen LogP contribution in [0.1, 0.15) is 11.3 Å². The summed E-state index contributed by atoms with van der Waals surface area (Å²) in [7, 11) is 0. The zero-order valence-corrected chi connectivity index (χ0v) is 9.87. The molecule has 0 aliphatic carbocycles. The van der Waals surface area contributed by atoms with E-state index in [0.717, 1.165) is 29.6 Å². The van der Waals surface area contributed by atoms with Crippen molar-refractivity contribution in [2.75, 3.05) is 0 Å². The molecule has 94 valence electrons. The lowest BCUT2D eigenvalue weighted by Gasteiger charge is -2.06. The van der Waals surface area contributed by atoms with E-state index in [2.05, 4.69) is 15.0 Å². The van der Waals surface area contributed by atoms with E-state index in [1.807, 2.05) is 0 Å². The molecule has 0 aliphatic heterocycles. The summed E-state index contributed by atoms with van der Waals surface area (Å²) in [6.07, 6.45) is -0.0641. The monoisotopic (exact) mass is 271 g/mol. The van der Waals surface area contributed by atoms with Crippen molar-refractivity contribution in [1.82, 2.24) is 15.0 Å². The maximum atomic E-state index is 12.4. The van der Waals surface area contributed by atoms with E-state index in [4.69, 9.17) is 0 Å². The van der Waals surface area contributed by atoms with E-state index in [1.165, 1.54) is 0 Å². The van der Waals surface area contributed by atoms with Crippen LogP contribution in [0.2, 0.25) is 0 Å². The molecule has 7 heteroatoms. The lowest BCUT2D eigenvalue weighted by atomic mass is 10.3. The molecule has 3 nitrogen and oxygen atoms in total. The molecule has 2 rings (SSSR count). The van der Waals surface area contributed by atoms with Crippen LogP contribution in [0, 0.1) is 0 Å². The van der Waals surface area contributed by atoms with Crippen LogP contribution in [0.15, 0.2) is 41.9 Å². The molecule has 0 radical (unpaired) electrons. The van der Waals surface area contributed by atoms with Gasteiger partial charge in [0.2, 0.25) is 0 Å². The van der Waals surface area contributed by atoms with Gasteiger partial charge in [-0.3, -0.25) is 4.98 Å². The van der Waals surface area contributed by atoms with Gasteiger partial charge in [-0.2, -0.15) is 13.2 Å². The Hall–Kier alpha value is -1.63. The normalized spacial score (nSPS) is 11.5. The van der Waals surface area contributed by atoms with Crippen LogP contribution in [0.3, 0.4) is 0 Å². The lowest BCUT2D eigenvalue weighted by molar-refractivity contribution is -0.141. The quantitative estimate of drug-likeness (QED) is 0.635. The fourth-order valence-corrected chi connectivity index (χ4v) is 1.98. The van der Waals surface area contributed by atoms with Gasteiger partial charge in [0.1, 0.15) is 5.69 Å². The molecular weight excluding hydrogens is 263 g/mol. The first-order valence-electron chi connectivity index (χ1n) is 4.97. The van der Waals surface area contributed by atoms with Crippen molar-refractivity contribution in [2.45, 2.75) is 17.1 Å². The van der Waals surface area contributed by atoms with Crippen LogP contribution in [0.25, 0.3) is 0 Å². The van der Waals surface area contributed by atoms with E-state index in [0.29, 0.717) is 5.75 Å². The topological polar surface area (TPSA) is 38.7 Å². The number of alkyl halides is 3. The average Bonchev–Trinajstić information content (AvgIpc) is 2.37. The molecule has 0 saturated carbocycles. The second-order valence-electron chi connectivity index (χ2n) is 3.37. The van der Waals surface area contributed by atoms with Gasteiger partial charge in [0.15, 0.2) is 5.16 Å². The molecule has 0 N–H and O–H groups in total. The standard InChI is InChI=1S/C11H8F3N3S/c12-11(13,14)9-3-6-16-10(17-9)18-7-8-1-4-15-5-2-8/h1-6H,7H2. The minimum atomic E-state index is -4.44. The summed E-state index contributed by atoms with van der Waals surface area (Å²) in [6, 6.07) is 4.44. The van der Waals surface area contributed by atoms with Crippen molar-refractivity contribution >= 4 is 11.8 Å². The fourth-order valence-electron chi connectivity index (χ4n) is 1.20. The maximum Gasteiger partial charge on any atom is 0.433 e. The van der Waals surface area contributed by atoms with E-state index in [9.17, 15) is 13.2 Å². The van der Waals surface area contributed by atoms with Crippen LogP contribution in [0.5, 0.6) is 0 Å². The zero-order valence-electron chi connectivity index (χ0n) is 9.05. The molecule has 0 amide bonds. The smallest absolute Gasteiger partial charge is 0.265 e. The zero-order chi connectivity index (χ0) is 13.0. The van der Waals surface area contributed by atoms with Crippen molar-refractivity contribution in [3.8, 4) is 0 Å². The minimum Gasteiger partial charge on any atom is -0.265 e. The Labute approximate surface area is 105 Å². The van der Waals surface area contributed by atoms with Crippen LogP contribution in [-0.2, 0) is 11.9 Å². The highest BCUT2D eigenvalue weighted by Gasteiger charge is 2.32. The highest BCUT2D eigenvalue weighted by Crippen LogP contribution is 2.28. The molecule has 0 aromatic carbocycles. The summed E-state index contributed by atoms with van der Waals surface area (Å²) in [6.45, 7) is 0. The second kappa shape index (κ2) is 5.34. The van der Waals surface area contributed by atoms with Gasteiger partial charge in [-0.05, 0) is 23.8 Å². The molecule has 0 saturated heterocycles. The molecule has 0 atom stereocenters. The molecule has 2 aromatic rings. The van der Waals surface area contributed by atoms with E-state index >= 15 is 0 Å². The van der Waals surface area contributed by atoms with Gasteiger partial charge in [-0.25, -0.2) is 9.97 Å². The maximum absolute atomic E-state index is 12.4. The summed E-state index contributed by atoms with van der Waals surface area (Å²) in [5.41, 5.74) is 0.0331. The summed E-state index contributed by atoms with van der Waals surface area (Å²) in [4.78, 5) is 11.1. The second-order valence-corrected chi connectivity index (χ2v) is 4.31. The Morgan fingerprint density at radius 3 is 2.44 bits per heavy atom. The van der Waals surface area contributed by atoms with Crippen LogP contribution in [-0.4, -0.2) is 15.0 Å². The number of thioether (sulfide) groups is 1. The van der Waals surface area contributed by atoms with Gasteiger partial charge in [0, 0.05) is 24.3 Å². The first-order chi connectivity index (χ1) is 8.55. The Morgan fingerprint density at radius 2 is 1.78 bits per heavy atom. The van der Waals surface area contributed by atoms with Gasteiger partial charge in [0.05, 0.1) is 0 Å². The van der Waals surface area contributed by atoms with Gasteiger partial charge < -0.3 is 0 Å². The first kappa shape index (κ1) is 12.8. The summed E-state index contributed by atoms with van der Waals surface area (Å²) in [5, 5.41) is 0.113. The molecule has 0 spiro atoms. The number of aromatic nitrogens is 3. The number of pyridine rings is 1. The number of halogens is 3. The third-order valence-electron chi connectivity index (χ3n) is 2.04. The van der Waals surface area contributed by atoms with E-state index < -0.39 is 11.9 Å². The minimum absolute atomic E-state index is 0.113. The van der Waals surface area contributed by atoms with E-state index in [1.54, 1.807) is 24.5 Å². The fraction of sp³-hybridized carbons (Fsp3) is 0.182. The first-order valence-corrected chi connectivity index (χ1v) is 5.96. The predicted molar refractivity (Wildman–Crippen MR) is 60.8 cm³/mol. The van der Waals surface area contributed by atoms with Gasteiger partial charge >= 0.3 is 6.18 Å². The van der Waals surface area contributed by atoms with Crippen molar-refractivity contribution in [1.29, 1.82) is 0 Å². The summed E-state index contributed by atoms with van der Waals surface area (Å²) >= 11 is 1.15. The molecule has 0 unspecified atom stereocenters. The highest BCUT2D eigenvalue weighted by molar-refractivity contribution is 7.98. The number of rotatable bonds is 3. The lowest BCUT2D eigenvalue weighted by Crippen LogP contribution is -2.08. The van der Waals surface area contributed by atoms with E-state index in [-0.39, 0.29) is 5.16 Å². The van der Waals surface area contributed by atoms with Crippen LogP contribution < -0.4 is 0 Å². The van der Waals surface area contributed by atoms with Crippen molar-refractivity contribution in [2.24, 2.45) is 0 Å².